The van der Waals surface area contributed by atoms with Gasteiger partial charge in [0.1, 0.15) is 5.52 Å². The molecule has 0 radical (unpaired) electrons. The van der Waals surface area contributed by atoms with Crippen LogP contribution in [0.3, 0.4) is 0 Å². The van der Waals surface area contributed by atoms with Crippen LogP contribution in [0.2, 0.25) is 0 Å². The third-order valence-corrected chi connectivity index (χ3v) is 3.85. The zero-order chi connectivity index (χ0) is 15.4. The van der Waals surface area contributed by atoms with E-state index in [0.29, 0.717) is 11.1 Å². The first-order valence-corrected chi connectivity index (χ1v) is 7.36. The minimum absolute atomic E-state index is 0.164. The molecule has 114 valence electrons. The molecule has 1 aromatic heterocycles. The summed E-state index contributed by atoms with van der Waals surface area (Å²) in [5.74, 6) is -0.0393. The third-order valence-electron chi connectivity index (χ3n) is 3.85. The van der Waals surface area contributed by atoms with Gasteiger partial charge in [-0.3, -0.25) is 4.79 Å². The summed E-state index contributed by atoms with van der Waals surface area (Å²) >= 11 is 0. The average Bonchev–Trinajstić information content (AvgIpc) is 2.93. The molecule has 0 saturated carbocycles. The minimum Gasteiger partial charge on any atom is -0.391 e. The fourth-order valence-corrected chi connectivity index (χ4v) is 2.12. The number of amides is 1. The lowest BCUT2D eigenvalue weighted by molar-refractivity contribution is 0.0850. The van der Waals surface area contributed by atoms with Crippen molar-refractivity contribution in [3.05, 3.63) is 23.8 Å². The SMILES string of the molecule is CCC(C)C(O)CNC(=O)c1ccc2c(c1)nnn2CC. The van der Waals surface area contributed by atoms with Gasteiger partial charge in [-0.05, 0) is 31.0 Å². The lowest BCUT2D eigenvalue weighted by Crippen LogP contribution is -2.35. The zero-order valence-electron chi connectivity index (χ0n) is 12.7. The van der Waals surface area contributed by atoms with Crippen molar-refractivity contribution in [2.24, 2.45) is 5.92 Å². The zero-order valence-corrected chi connectivity index (χ0v) is 12.7. The minimum atomic E-state index is -0.524. The molecule has 0 spiro atoms. The van der Waals surface area contributed by atoms with Gasteiger partial charge in [-0.1, -0.05) is 25.5 Å². The second kappa shape index (κ2) is 6.67. The number of aryl methyl sites for hydroxylation is 1. The van der Waals surface area contributed by atoms with Crippen LogP contribution in [-0.4, -0.2) is 38.7 Å². The first-order valence-electron chi connectivity index (χ1n) is 7.36. The quantitative estimate of drug-likeness (QED) is 0.846. The van der Waals surface area contributed by atoms with Crippen molar-refractivity contribution in [3.8, 4) is 0 Å². The van der Waals surface area contributed by atoms with Crippen LogP contribution in [0.25, 0.3) is 11.0 Å². The van der Waals surface area contributed by atoms with Gasteiger partial charge in [0, 0.05) is 18.7 Å². The first kappa shape index (κ1) is 15.4. The van der Waals surface area contributed by atoms with Crippen molar-refractivity contribution in [3.63, 3.8) is 0 Å². The number of aliphatic hydroxyl groups excluding tert-OH is 1. The van der Waals surface area contributed by atoms with E-state index < -0.39 is 6.10 Å². The summed E-state index contributed by atoms with van der Waals surface area (Å²) in [4.78, 5) is 12.1. The van der Waals surface area contributed by atoms with E-state index in [1.165, 1.54) is 0 Å². The summed E-state index contributed by atoms with van der Waals surface area (Å²) in [5.41, 5.74) is 2.14. The lowest BCUT2D eigenvalue weighted by Gasteiger charge is -2.17. The molecule has 2 rings (SSSR count). The predicted octanol–water partition coefficient (Wildman–Crippen LogP) is 1.59. The number of nitrogens with zero attached hydrogens (tertiary/aromatic N) is 3. The molecule has 6 nitrogen and oxygen atoms in total. The summed E-state index contributed by atoms with van der Waals surface area (Å²) in [5, 5.41) is 20.7. The number of carbonyl (C=O) groups excluding carboxylic acids is 1. The molecule has 0 saturated heterocycles. The first-order chi connectivity index (χ1) is 10.1. The highest BCUT2D eigenvalue weighted by atomic mass is 16.3. The normalized spacial score (nSPS) is 14.1. The molecular formula is C15H22N4O2. The predicted molar refractivity (Wildman–Crippen MR) is 81.0 cm³/mol. The summed E-state index contributed by atoms with van der Waals surface area (Å²) in [6, 6.07) is 5.32. The monoisotopic (exact) mass is 290 g/mol. The molecule has 0 aliphatic heterocycles. The van der Waals surface area contributed by atoms with Crippen LogP contribution in [0, 0.1) is 5.92 Å². The lowest BCUT2D eigenvalue weighted by atomic mass is 10.0. The number of nitrogens with one attached hydrogen (secondary N) is 1. The Balaban J connectivity index is 2.06. The molecule has 2 unspecified atom stereocenters. The molecule has 2 atom stereocenters. The van der Waals surface area contributed by atoms with Gasteiger partial charge >= 0.3 is 0 Å². The van der Waals surface area contributed by atoms with Crippen LogP contribution in [-0.2, 0) is 6.54 Å². The van der Waals surface area contributed by atoms with E-state index in [1.807, 2.05) is 26.8 Å². The van der Waals surface area contributed by atoms with Crippen LogP contribution >= 0.6 is 0 Å². The van der Waals surface area contributed by atoms with Crippen molar-refractivity contribution < 1.29 is 9.90 Å². The van der Waals surface area contributed by atoms with Gasteiger partial charge < -0.3 is 10.4 Å². The number of aliphatic hydroxyl groups is 1. The van der Waals surface area contributed by atoms with E-state index in [2.05, 4.69) is 15.6 Å². The van der Waals surface area contributed by atoms with E-state index in [4.69, 9.17) is 0 Å². The van der Waals surface area contributed by atoms with Crippen LogP contribution < -0.4 is 5.32 Å². The molecular weight excluding hydrogens is 268 g/mol. The molecule has 1 heterocycles. The second-order valence-electron chi connectivity index (χ2n) is 5.27. The molecule has 1 aromatic carbocycles. The summed E-state index contributed by atoms with van der Waals surface area (Å²) in [6.07, 6.45) is 0.354. The van der Waals surface area contributed by atoms with E-state index in [1.54, 1.807) is 16.8 Å². The maximum absolute atomic E-state index is 12.1. The number of benzene rings is 1. The van der Waals surface area contributed by atoms with Crippen LogP contribution in [0.5, 0.6) is 0 Å². The Morgan fingerprint density at radius 3 is 2.86 bits per heavy atom. The Bertz CT molecular complexity index is 623. The van der Waals surface area contributed by atoms with Gasteiger partial charge in [0.25, 0.3) is 5.91 Å². The van der Waals surface area contributed by atoms with Crippen molar-refractivity contribution >= 4 is 16.9 Å². The Morgan fingerprint density at radius 2 is 2.19 bits per heavy atom. The Hall–Kier alpha value is -1.95. The maximum Gasteiger partial charge on any atom is 0.251 e. The van der Waals surface area contributed by atoms with Crippen molar-refractivity contribution in [2.75, 3.05) is 6.54 Å². The Morgan fingerprint density at radius 1 is 1.43 bits per heavy atom. The highest BCUT2D eigenvalue weighted by Gasteiger charge is 2.15. The van der Waals surface area contributed by atoms with Gasteiger partial charge in [0.15, 0.2) is 0 Å². The Kier molecular flexibility index (Phi) is 4.90. The number of carbonyl (C=O) groups is 1. The third kappa shape index (κ3) is 3.39. The summed E-state index contributed by atoms with van der Waals surface area (Å²) < 4.78 is 1.78. The number of fused-ring (bicyclic) bond motifs is 1. The highest BCUT2D eigenvalue weighted by molar-refractivity contribution is 5.97. The van der Waals surface area contributed by atoms with Gasteiger partial charge in [-0.2, -0.15) is 0 Å². The Labute approximate surface area is 124 Å². The van der Waals surface area contributed by atoms with Gasteiger partial charge in [-0.25, -0.2) is 4.68 Å². The molecule has 0 aliphatic rings. The van der Waals surface area contributed by atoms with Crippen LogP contribution in [0.15, 0.2) is 18.2 Å². The number of hydrogen-bond acceptors (Lipinski definition) is 4. The molecule has 1 amide bonds. The van der Waals surface area contributed by atoms with E-state index in [9.17, 15) is 9.90 Å². The standard InChI is InChI=1S/C15H22N4O2/c1-4-10(3)14(20)9-16-15(21)11-6-7-13-12(8-11)17-18-19(13)5-2/h6-8,10,14,20H,4-5,9H2,1-3H3,(H,16,21). The van der Waals surface area contributed by atoms with E-state index in [0.717, 1.165) is 18.5 Å². The number of aromatic nitrogens is 3. The molecule has 21 heavy (non-hydrogen) atoms. The van der Waals surface area contributed by atoms with Crippen LogP contribution in [0.4, 0.5) is 0 Å². The molecule has 2 aromatic rings. The molecule has 0 bridgehead atoms. The summed E-state index contributed by atoms with van der Waals surface area (Å²) in [7, 11) is 0. The van der Waals surface area contributed by atoms with E-state index >= 15 is 0 Å². The number of hydrogen-bond donors (Lipinski definition) is 2. The van der Waals surface area contributed by atoms with Crippen LogP contribution in [0.1, 0.15) is 37.6 Å². The summed E-state index contributed by atoms with van der Waals surface area (Å²) in [6.45, 7) is 6.97. The van der Waals surface area contributed by atoms with E-state index in [-0.39, 0.29) is 18.4 Å². The largest absolute Gasteiger partial charge is 0.391 e. The molecule has 2 N–H and O–H groups in total. The molecule has 0 fully saturated rings. The maximum atomic E-state index is 12.1. The fraction of sp³-hybridized carbons (Fsp3) is 0.533. The molecule has 6 heteroatoms. The van der Waals surface area contributed by atoms with Gasteiger partial charge in [0.05, 0.1) is 11.6 Å². The second-order valence-corrected chi connectivity index (χ2v) is 5.27. The topological polar surface area (TPSA) is 80.0 Å². The fourth-order valence-electron chi connectivity index (χ4n) is 2.12. The van der Waals surface area contributed by atoms with Gasteiger partial charge in [0.2, 0.25) is 0 Å². The van der Waals surface area contributed by atoms with Crippen molar-refractivity contribution in [1.82, 2.24) is 20.3 Å². The van der Waals surface area contributed by atoms with Gasteiger partial charge in [-0.15, -0.1) is 5.10 Å². The number of rotatable bonds is 6. The van der Waals surface area contributed by atoms with Crippen molar-refractivity contribution in [1.29, 1.82) is 0 Å². The average molecular weight is 290 g/mol. The highest BCUT2D eigenvalue weighted by Crippen LogP contribution is 2.13. The van der Waals surface area contributed by atoms with Crippen molar-refractivity contribution in [2.45, 2.75) is 39.8 Å². The molecule has 0 aliphatic carbocycles. The smallest absolute Gasteiger partial charge is 0.251 e.